The standard InChI is InChI=1S/C22H26N4O2/c1-16-5-2-3-6-19(16)21(27)24-18-9-10-20(23-15-18)25-11-4-12-26(14-13-25)22(28)17-7-8-17/h2-3,5-6,9-10,15,17H,4,7-8,11-14H2,1H3,(H,24,27). The number of carbonyl (C=O) groups excluding carboxylic acids is 2. The third-order valence-electron chi connectivity index (χ3n) is 5.45. The van der Waals surface area contributed by atoms with Crippen LogP contribution in [-0.2, 0) is 4.79 Å². The first-order valence-corrected chi connectivity index (χ1v) is 9.98. The van der Waals surface area contributed by atoms with Gasteiger partial charge in [-0.15, -0.1) is 0 Å². The molecule has 1 aromatic carbocycles. The van der Waals surface area contributed by atoms with Gasteiger partial charge in [-0.3, -0.25) is 9.59 Å². The maximum atomic E-state index is 12.4. The van der Waals surface area contributed by atoms with E-state index in [-0.39, 0.29) is 11.8 Å². The molecule has 2 fully saturated rings. The molecule has 0 spiro atoms. The Balaban J connectivity index is 1.37. The number of anilines is 2. The molecule has 2 amide bonds. The van der Waals surface area contributed by atoms with Crippen LogP contribution in [0.5, 0.6) is 0 Å². The summed E-state index contributed by atoms with van der Waals surface area (Å²) in [7, 11) is 0. The third-order valence-corrected chi connectivity index (χ3v) is 5.45. The van der Waals surface area contributed by atoms with Gasteiger partial charge in [-0.05, 0) is 49.9 Å². The fourth-order valence-electron chi connectivity index (χ4n) is 3.63. The van der Waals surface area contributed by atoms with Crippen LogP contribution >= 0.6 is 0 Å². The number of hydrogen-bond donors (Lipinski definition) is 1. The van der Waals surface area contributed by atoms with Crippen LogP contribution in [0.25, 0.3) is 0 Å². The quantitative estimate of drug-likeness (QED) is 0.888. The Kier molecular flexibility index (Phi) is 5.28. The zero-order valence-corrected chi connectivity index (χ0v) is 16.2. The number of nitrogens with one attached hydrogen (secondary N) is 1. The van der Waals surface area contributed by atoms with Gasteiger partial charge in [0, 0.05) is 37.7 Å². The molecule has 1 aliphatic carbocycles. The van der Waals surface area contributed by atoms with Crippen LogP contribution < -0.4 is 10.2 Å². The van der Waals surface area contributed by atoms with E-state index in [9.17, 15) is 9.59 Å². The molecule has 6 heteroatoms. The number of hydrogen-bond acceptors (Lipinski definition) is 4. The highest BCUT2D eigenvalue weighted by Gasteiger charge is 2.34. The maximum Gasteiger partial charge on any atom is 0.255 e. The van der Waals surface area contributed by atoms with Crippen molar-refractivity contribution in [3.63, 3.8) is 0 Å². The molecule has 1 saturated heterocycles. The molecule has 4 rings (SSSR count). The van der Waals surface area contributed by atoms with Gasteiger partial charge in [-0.1, -0.05) is 18.2 Å². The SMILES string of the molecule is Cc1ccccc1C(=O)Nc1ccc(N2CCCN(C(=O)C3CC3)CC2)nc1. The van der Waals surface area contributed by atoms with Gasteiger partial charge in [0.25, 0.3) is 5.91 Å². The second-order valence-electron chi connectivity index (χ2n) is 7.61. The van der Waals surface area contributed by atoms with Gasteiger partial charge in [0.05, 0.1) is 11.9 Å². The van der Waals surface area contributed by atoms with E-state index in [4.69, 9.17) is 0 Å². The molecule has 146 valence electrons. The lowest BCUT2D eigenvalue weighted by Gasteiger charge is -2.23. The summed E-state index contributed by atoms with van der Waals surface area (Å²) in [5.74, 6) is 1.36. The molecule has 0 radical (unpaired) electrons. The Morgan fingerprint density at radius 3 is 2.57 bits per heavy atom. The summed E-state index contributed by atoms with van der Waals surface area (Å²) < 4.78 is 0. The first-order chi connectivity index (χ1) is 13.6. The van der Waals surface area contributed by atoms with E-state index in [0.717, 1.165) is 56.8 Å². The molecule has 1 aromatic heterocycles. The lowest BCUT2D eigenvalue weighted by Crippen LogP contribution is -2.36. The molecule has 6 nitrogen and oxygen atoms in total. The lowest BCUT2D eigenvalue weighted by atomic mass is 10.1. The minimum atomic E-state index is -0.128. The summed E-state index contributed by atoms with van der Waals surface area (Å²) in [4.78, 5) is 33.5. The number of pyridine rings is 1. The number of nitrogens with zero attached hydrogens (tertiary/aromatic N) is 3. The molecule has 0 unspecified atom stereocenters. The van der Waals surface area contributed by atoms with E-state index < -0.39 is 0 Å². The third kappa shape index (κ3) is 4.16. The van der Waals surface area contributed by atoms with Crippen LogP contribution in [-0.4, -0.2) is 47.9 Å². The molecule has 2 heterocycles. The number of carbonyl (C=O) groups is 2. The molecule has 28 heavy (non-hydrogen) atoms. The average Bonchev–Trinajstić information content (AvgIpc) is 3.55. The van der Waals surface area contributed by atoms with E-state index in [2.05, 4.69) is 15.2 Å². The number of benzene rings is 1. The highest BCUT2D eigenvalue weighted by atomic mass is 16.2. The number of rotatable bonds is 4. The Hall–Kier alpha value is -2.89. The summed E-state index contributed by atoms with van der Waals surface area (Å²) in [5.41, 5.74) is 2.29. The van der Waals surface area contributed by atoms with Crippen molar-refractivity contribution in [2.75, 3.05) is 36.4 Å². The highest BCUT2D eigenvalue weighted by Crippen LogP contribution is 2.31. The van der Waals surface area contributed by atoms with Gasteiger partial charge in [-0.25, -0.2) is 4.98 Å². The van der Waals surface area contributed by atoms with Crippen molar-refractivity contribution in [2.24, 2.45) is 5.92 Å². The summed E-state index contributed by atoms with van der Waals surface area (Å²) >= 11 is 0. The van der Waals surface area contributed by atoms with Crippen molar-refractivity contribution in [1.29, 1.82) is 0 Å². The highest BCUT2D eigenvalue weighted by molar-refractivity contribution is 6.05. The van der Waals surface area contributed by atoms with E-state index in [0.29, 0.717) is 17.2 Å². The first-order valence-electron chi connectivity index (χ1n) is 9.98. The van der Waals surface area contributed by atoms with Gasteiger partial charge in [0.1, 0.15) is 5.82 Å². The molecule has 2 aliphatic rings. The van der Waals surface area contributed by atoms with Crippen LogP contribution in [0, 0.1) is 12.8 Å². The second kappa shape index (κ2) is 8.00. The second-order valence-corrected chi connectivity index (χ2v) is 7.61. The lowest BCUT2D eigenvalue weighted by molar-refractivity contribution is -0.132. The zero-order chi connectivity index (χ0) is 19.5. The smallest absolute Gasteiger partial charge is 0.255 e. The fraction of sp³-hybridized carbons (Fsp3) is 0.409. The number of aromatic nitrogens is 1. The maximum absolute atomic E-state index is 12.4. The molecule has 2 aromatic rings. The Labute approximate surface area is 165 Å². The van der Waals surface area contributed by atoms with Gasteiger partial charge in [-0.2, -0.15) is 0 Å². The monoisotopic (exact) mass is 378 g/mol. The topological polar surface area (TPSA) is 65.5 Å². The Morgan fingerprint density at radius 1 is 1.04 bits per heavy atom. The van der Waals surface area contributed by atoms with Crippen molar-refractivity contribution in [3.8, 4) is 0 Å². The van der Waals surface area contributed by atoms with Gasteiger partial charge in [0.15, 0.2) is 0 Å². The Bertz CT molecular complexity index is 861. The summed E-state index contributed by atoms with van der Waals surface area (Å²) in [6, 6.07) is 11.3. The molecule has 0 atom stereocenters. The molecule has 1 saturated carbocycles. The van der Waals surface area contributed by atoms with Crippen LogP contribution in [0.4, 0.5) is 11.5 Å². The number of amides is 2. The van der Waals surface area contributed by atoms with Gasteiger partial charge in [0.2, 0.25) is 5.91 Å². The Morgan fingerprint density at radius 2 is 1.86 bits per heavy atom. The normalized spacial score (nSPS) is 17.2. The van der Waals surface area contributed by atoms with Crippen LogP contribution in [0.2, 0.25) is 0 Å². The molecular weight excluding hydrogens is 352 g/mol. The largest absolute Gasteiger partial charge is 0.355 e. The van der Waals surface area contributed by atoms with E-state index in [1.165, 1.54) is 0 Å². The van der Waals surface area contributed by atoms with Crippen molar-refractivity contribution in [3.05, 3.63) is 53.7 Å². The molecule has 1 aliphatic heterocycles. The predicted octanol–water partition coefficient (Wildman–Crippen LogP) is 3.09. The van der Waals surface area contributed by atoms with E-state index >= 15 is 0 Å². The fourth-order valence-corrected chi connectivity index (χ4v) is 3.63. The molecule has 0 bridgehead atoms. The number of aryl methyl sites for hydroxylation is 1. The molecule has 1 N–H and O–H groups in total. The van der Waals surface area contributed by atoms with Gasteiger partial charge >= 0.3 is 0 Å². The summed E-state index contributed by atoms with van der Waals surface area (Å²) in [5, 5.41) is 2.91. The van der Waals surface area contributed by atoms with Crippen molar-refractivity contribution < 1.29 is 9.59 Å². The first kappa shape index (κ1) is 18.5. The van der Waals surface area contributed by atoms with Gasteiger partial charge < -0.3 is 15.1 Å². The van der Waals surface area contributed by atoms with Crippen molar-refractivity contribution in [1.82, 2.24) is 9.88 Å². The van der Waals surface area contributed by atoms with E-state index in [1.807, 2.05) is 48.2 Å². The minimum absolute atomic E-state index is 0.128. The van der Waals surface area contributed by atoms with Crippen LogP contribution in [0.1, 0.15) is 35.2 Å². The van der Waals surface area contributed by atoms with E-state index in [1.54, 1.807) is 6.20 Å². The van der Waals surface area contributed by atoms with Crippen LogP contribution in [0.15, 0.2) is 42.6 Å². The zero-order valence-electron chi connectivity index (χ0n) is 16.2. The minimum Gasteiger partial charge on any atom is -0.355 e. The summed E-state index contributed by atoms with van der Waals surface area (Å²) in [6.45, 7) is 5.18. The van der Waals surface area contributed by atoms with Crippen molar-refractivity contribution >= 4 is 23.3 Å². The molecular formula is C22H26N4O2. The predicted molar refractivity (Wildman–Crippen MR) is 110 cm³/mol. The van der Waals surface area contributed by atoms with Crippen LogP contribution in [0.3, 0.4) is 0 Å². The average molecular weight is 378 g/mol. The summed E-state index contributed by atoms with van der Waals surface area (Å²) in [6.07, 6.45) is 4.75. The van der Waals surface area contributed by atoms with Crippen molar-refractivity contribution in [2.45, 2.75) is 26.2 Å².